The van der Waals surface area contributed by atoms with Crippen molar-refractivity contribution in [3.63, 3.8) is 0 Å². The van der Waals surface area contributed by atoms with Crippen LogP contribution in [0.2, 0.25) is 0 Å². The minimum Gasteiger partial charge on any atom is -0.489 e. The minimum absolute atomic E-state index is 0.0209. The van der Waals surface area contributed by atoms with E-state index in [1.165, 1.54) is 6.42 Å². The molecule has 1 fully saturated rings. The van der Waals surface area contributed by atoms with E-state index < -0.39 is 0 Å². The van der Waals surface area contributed by atoms with Gasteiger partial charge in [0.2, 0.25) is 0 Å². The number of nitrogens with zero attached hydrogens (tertiary/aromatic N) is 2. The Balaban J connectivity index is 2.15. The molecule has 3 N–H and O–H groups in total. The van der Waals surface area contributed by atoms with Crippen LogP contribution in [-0.4, -0.2) is 22.1 Å². The third kappa shape index (κ3) is 2.07. The summed E-state index contributed by atoms with van der Waals surface area (Å²) >= 11 is 0. The van der Waals surface area contributed by atoms with E-state index in [0.717, 1.165) is 23.7 Å². The highest BCUT2D eigenvalue weighted by molar-refractivity contribution is 6.04. The maximum atomic E-state index is 8.87. The molecule has 1 aromatic heterocycles. The number of hydrogen-bond acceptors (Lipinski definition) is 4. The summed E-state index contributed by atoms with van der Waals surface area (Å²) in [5, 5.41) is 12.8. The molecule has 5 heteroatoms. The maximum absolute atomic E-state index is 8.87. The molecule has 0 aliphatic heterocycles. The Morgan fingerprint density at radius 1 is 1.37 bits per heavy atom. The first-order valence-corrected chi connectivity index (χ1v) is 6.32. The SMILES string of the molecule is NC(=NO)c1cnc2ccccc2c1OC1CCC1. The third-order valence-electron chi connectivity index (χ3n) is 3.45. The Labute approximate surface area is 110 Å². The Morgan fingerprint density at radius 3 is 2.84 bits per heavy atom. The molecule has 98 valence electrons. The normalized spacial score (nSPS) is 16.3. The fourth-order valence-electron chi connectivity index (χ4n) is 2.13. The molecule has 0 radical (unpaired) electrons. The molecule has 1 aliphatic rings. The van der Waals surface area contributed by atoms with Crippen LogP contribution in [0.5, 0.6) is 5.75 Å². The second-order valence-corrected chi connectivity index (χ2v) is 4.67. The van der Waals surface area contributed by atoms with Crippen molar-refractivity contribution in [3.8, 4) is 5.75 Å². The first-order valence-electron chi connectivity index (χ1n) is 6.32. The molecule has 1 saturated carbocycles. The van der Waals surface area contributed by atoms with Crippen LogP contribution in [0.3, 0.4) is 0 Å². The molecule has 1 heterocycles. The largest absolute Gasteiger partial charge is 0.489 e. The summed E-state index contributed by atoms with van der Waals surface area (Å²) in [6, 6.07) is 7.70. The van der Waals surface area contributed by atoms with Crippen molar-refractivity contribution in [2.45, 2.75) is 25.4 Å². The number of aromatic nitrogens is 1. The van der Waals surface area contributed by atoms with Crippen LogP contribution in [0.25, 0.3) is 10.9 Å². The van der Waals surface area contributed by atoms with Gasteiger partial charge in [-0.1, -0.05) is 17.3 Å². The van der Waals surface area contributed by atoms with Gasteiger partial charge in [-0.15, -0.1) is 0 Å². The molecular formula is C14H15N3O2. The number of hydrogen-bond donors (Lipinski definition) is 2. The Morgan fingerprint density at radius 2 is 2.16 bits per heavy atom. The molecular weight excluding hydrogens is 242 g/mol. The molecule has 0 amide bonds. The van der Waals surface area contributed by atoms with Gasteiger partial charge < -0.3 is 15.7 Å². The summed E-state index contributed by atoms with van der Waals surface area (Å²) in [5.74, 6) is 0.679. The molecule has 0 unspecified atom stereocenters. The van der Waals surface area contributed by atoms with Gasteiger partial charge in [-0.3, -0.25) is 4.98 Å². The quantitative estimate of drug-likeness (QED) is 0.382. The third-order valence-corrected chi connectivity index (χ3v) is 3.45. The topological polar surface area (TPSA) is 80.7 Å². The smallest absolute Gasteiger partial charge is 0.175 e. The second kappa shape index (κ2) is 4.76. The van der Waals surface area contributed by atoms with Gasteiger partial charge in [0.05, 0.1) is 17.2 Å². The lowest BCUT2D eigenvalue weighted by Crippen LogP contribution is -2.26. The number of rotatable bonds is 3. The summed E-state index contributed by atoms with van der Waals surface area (Å²) < 4.78 is 6.01. The van der Waals surface area contributed by atoms with Gasteiger partial charge in [0.1, 0.15) is 5.75 Å². The van der Waals surface area contributed by atoms with E-state index >= 15 is 0 Å². The highest BCUT2D eigenvalue weighted by atomic mass is 16.5. The van der Waals surface area contributed by atoms with Crippen LogP contribution in [0.4, 0.5) is 0 Å². The van der Waals surface area contributed by atoms with Crippen LogP contribution >= 0.6 is 0 Å². The van der Waals surface area contributed by atoms with Crippen molar-refractivity contribution in [1.82, 2.24) is 4.98 Å². The number of amidine groups is 1. The molecule has 19 heavy (non-hydrogen) atoms. The Bertz CT molecular complexity index is 636. The molecule has 0 atom stereocenters. The first-order chi connectivity index (χ1) is 9.29. The van der Waals surface area contributed by atoms with E-state index in [2.05, 4.69) is 10.1 Å². The van der Waals surface area contributed by atoms with Gasteiger partial charge >= 0.3 is 0 Å². The minimum atomic E-state index is 0.0209. The van der Waals surface area contributed by atoms with E-state index in [0.29, 0.717) is 11.3 Å². The van der Waals surface area contributed by atoms with Gasteiger partial charge in [0, 0.05) is 11.6 Å². The van der Waals surface area contributed by atoms with Gasteiger partial charge in [-0.05, 0) is 31.4 Å². The summed E-state index contributed by atoms with van der Waals surface area (Å²) in [6.07, 6.45) is 5.09. The molecule has 1 aliphatic carbocycles. The van der Waals surface area contributed by atoms with Crippen molar-refractivity contribution in [2.24, 2.45) is 10.9 Å². The van der Waals surface area contributed by atoms with Crippen LogP contribution in [-0.2, 0) is 0 Å². The lowest BCUT2D eigenvalue weighted by Gasteiger charge is -2.28. The zero-order valence-electron chi connectivity index (χ0n) is 10.4. The molecule has 0 spiro atoms. The van der Waals surface area contributed by atoms with Crippen molar-refractivity contribution >= 4 is 16.7 Å². The molecule has 1 aromatic carbocycles. The molecule has 5 nitrogen and oxygen atoms in total. The highest BCUT2D eigenvalue weighted by Crippen LogP contribution is 2.33. The standard InChI is InChI=1S/C14H15N3O2/c15-14(17-18)11-8-16-12-7-2-1-6-10(12)13(11)19-9-4-3-5-9/h1-2,6-9,18H,3-5H2,(H2,15,17). The Hall–Kier alpha value is -2.30. The summed E-state index contributed by atoms with van der Waals surface area (Å²) in [5.41, 5.74) is 7.08. The van der Waals surface area contributed by atoms with Gasteiger partial charge in [0.25, 0.3) is 0 Å². The summed E-state index contributed by atoms with van der Waals surface area (Å²) in [7, 11) is 0. The van der Waals surface area contributed by atoms with Gasteiger partial charge in [0.15, 0.2) is 5.84 Å². The Kier molecular flexibility index (Phi) is 2.95. The predicted molar refractivity (Wildman–Crippen MR) is 72.5 cm³/mol. The highest BCUT2D eigenvalue weighted by Gasteiger charge is 2.23. The van der Waals surface area contributed by atoms with Crippen molar-refractivity contribution < 1.29 is 9.94 Å². The van der Waals surface area contributed by atoms with Gasteiger partial charge in [-0.2, -0.15) is 0 Å². The lowest BCUT2D eigenvalue weighted by molar-refractivity contribution is 0.122. The number of pyridine rings is 1. The predicted octanol–water partition coefficient (Wildman–Crippen LogP) is 2.26. The molecule has 2 aromatic rings. The van der Waals surface area contributed by atoms with Crippen molar-refractivity contribution in [1.29, 1.82) is 0 Å². The van der Waals surface area contributed by atoms with E-state index in [1.807, 2.05) is 24.3 Å². The number of ether oxygens (including phenoxy) is 1. The number of fused-ring (bicyclic) bond motifs is 1. The van der Waals surface area contributed by atoms with Crippen LogP contribution in [0, 0.1) is 0 Å². The zero-order valence-corrected chi connectivity index (χ0v) is 10.4. The summed E-state index contributed by atoms with van der Waals surface area (Å²) in [4.78, 5) is 4.31. The number of nitrogens with two attached hydrogens (primary N) is 1. The molecule has 0 bridgehead atoms. The maximum Gasteiger partial charge on any atom is 0.175 e. The average molecular weight is 257 g/mol. The van der Waals surface area contributed by atoms with Gasteiger partial charge in [-0.25, -0.2) is 0 Å². The van der Waals surface area contributed by atoms with Crippen molar-refractivity contribution in [3.05, 3.63) is 36.0 Å². The number of oxime groups is 1. The summed E-state index contributed by atoms with van der Waals surface area (Å²) in [6.45, 7) is 0. The molecule has 0 saturated heterocycles. The zero-order chi connectivity index (χ0) is 13.2. The lowest BCUT2D eigenvalue weighted by atomic mass is 9.96. The number of para-hydroxylation sites is 1. The van der Waals surface area contributed by atoms with Crippen LogP contribution < -0.4 is 10.5 Å². The number of benzene rings is 1. The van der Waals surface area contributed by atoms with Crippen LogP contribution in [0.1, 0.15) is 24.8 Å². The van der Waals surface area contributed by atoms with E-state index in [9.17, 15) is 0 Å². The first kappa shape index (κ1) is 11.8. The molecule has 3 rings (SSSR count). The fourth-order valence-corrected chi connectivity index (χ4v) is 2.13. The second-order valence-electron chi connectivity index (χ2n) is 4.67. The van der Waals surface area contributed by atoms with Crippen molar-refractivity contribution in [2.75, 3.05) is 0 Å². The van der Waals surface area contributed by atoms with Crippen LogP contribution in [0.15, 0.2) is 35.6 Å². The fraction of sp³-hybridized carbons (Fsp3) is 0.286. The monoisotopic (exact) mass is 257 g/mol. The average Bonchev–Trinajstić information content (AvgIpc) is 2.41. The van der Waals surface area contributed by atoms with E-state index in [1.54, 1.807) is 6.20 Å². The van der Waals surface area contributed by atoms with E-state index in [-0.39, 0.29) is 11.9 Å². The van der Waals surface area contributed by atoms with E-state index in [4.69, 9.17) is 15.7 Å².